The first-order valence-electron chi connectivity index (χ1n) is 4.40. The topological polar surface area (TPSA) is 20.2 Å². The minimum absolute atomic E-state index is 0.172. The Bertz CT molecular complexity index is 163. The molecular weight excluding hydrogens is 181 g/mol. The van der Waals surface area contributed by atoms with Crippen molar-refractivity contribution in [3.8, 4) is 0 Å². The van der Waals surface area contributed by atoms with Crippen molar-refractivity contribution in [1.29, 1.82) is 0 Å². The third kappa shape index (κ3) is 2.86. The first kappa shape index (κ1) is 12.8. The Morgan fingerprint density at radius 2 is 1.46 bits per heavy atom. The fraction of sp³-hybridized carbons (Fsp3) is 1.00. The van der Waals surface area contributed by atoms with Gasteiger partial charge in [-0.2, -0.15) is 13.2 Å². The van der Waals surface area contributed by atoms with Crippen LogP contribution in [-0.4, -0.2) is 16.9 Å². The number of aliphatic hydroxyl groups is 1. The van der Waals surface area contributed by atoms with E-state index in [1.165, 1.54) is 13.8 Å². The second-order valence-electron chi connectivity index (χ2n) is 4.17. The molecule has 0 aliphatic carbocycles. The zero-order chi connectivity index (χ0) is 10.9. The molecule has 1 N–H and O–H groups in total. The minimum Gasteiger partial charge on any atom is -0.380 e. The van der Waals surface area contributed by atoms with E-state index < -0.39 is 17.7 Å². The van der Waals surface area contributed by atoms with E-state index in [9.17, 15) is 18.3 Å². The van der Waals surface area contributed by atoms with E-state index in [4.69, 9.17) is 0 Å². The van der Waals surface area contributed by atoms with Crippen LogP contribution in [0.4, 0.5) is 13.2 Å². The van der Waals surface area contributed by atoms with Crippen molar-refractivity contribution in [1.82, 2.24) is 0 Å². The smallest absolute Gasteiger partial charge is 0.380 e. The summed E-state index contributed by atoms with van der Waals surface area (Å²) in [6, 6.07) is 0. The molecular formula is C9H17F3O. The van der Waals surface area contributed by atoms with Gasteiger partial charge >= 0.3 is 6.18 Å². The van der Waals surface area contributed by atoms with Crippen LogP contribution in [0.1, 0.15) is 34.1 Å². The molecule has 0 saturated carbocycles. The highest BCUT2D eigenvalue weighted by Gasteiger charge is 2.55. The van der Waals surface area contributed by atoms with Crippen LogP contribution < -0.4 is 0 Å². The molecule has 0 aliphatic heterocycles. The van der Waals surface area contributed by atoms with E-state index in [-0.39, 0.29) is 12.3 Å². The van der Waals surface area contributed by atoms with E-state index in [2.05, 4.69) is 0 Å². The highest BCUT2D eigenvalue weighted by molar-refractivity contribution is 4.90. The molecule has 4 heteroatoms. The van der Waals surface area contributed by atoms with Gasteiger partial charge in [0.25, 0.3) is 0 Å². The van der Waals surface area contributed by atoms with Gasteiger partial charge in [-0.15, -0.1) is 0 Å². The number of rotatable bonds is 3. The first-order chi connectivity index (χ1) is 5.61. The molecule has 0 spiro atoms. The lowest BCUT2D eigenvalue weighted by Crippen LogP contribution is -2.50. The van der Waals surface area contributed by atoms with Gasteiger partial charge in [-0.1, -0.05) is 27.7 Å². The third-order valence-corrected chi connectivity index (χ3v) is 2.17. The summed E-state index contributed by atoms with van der Waals surface area (Å²) in [7, 11) is 0. The zero-order valence-corrected chi connectivity index (χ0v) is 8.44. The normalized spacial score (nSPS) is 18.0. The van der Waals surface area contributed by atoms with Crippen LogP contribution >= 0.6 is 0 Å². The lowest BCUT2D eigenvalue weighted by atomic mass is 9.82. The molecule has 0 rings (SSSR count). The predicted molar refractivity (Wildman–Crippen MR) is 45.3 cm³/mol. The van der Waals surface area contributed by atoms with E-state index in [0.29, 0.717) is 0 Å². The third-order valence-electron chi connectivity index (χ3n) is 2.17. The molecule has 0 aromatic carbocycles. The van der Waals surface area contributed by atoms with Crippen molar-refractivity contribution >= 4 is 0 Å². The zero-order valence-electron chi connectivity index (χ0n) is 8.44. The minimum atomic E-state index is -4.54. The van der Waals surface area contributed by atoms with Crippen LogP contribution in [-0.2, 0) is 0 Å². The Hall–Kier alpha value is -0.250. The maximum Gasteiger partial charge on any atom is 0.417 e. The van der Waals surface area contributed by atoms with E-state index in [1.54, 1.807) is 13.8 Å². The van der Waals surface area contributed by atoms with Gasteiger partial charge in [0, 0.05) is 0 Å². The maximum atomic E-state index is 12.5. The summed E-state index contributed by atoms with van der Waals surface area (Å²) in [4.78, 5) is 0. The second-order valence-corrected chi connectivity index (χ2v) is 4.17. The van der Waals surface area contributed by atoms with Gasteiger partial charge in [-0.25, -0.2) is 0 Å². The van der Waals surface area contributed by atoms with Gasteiger partial charge in [0.1, 0.15) is 0 Å². The van der Waals surface area contributed by atoms with Crippen LogP contribution in [0.25, 0.3) is 0 Å². The van der Waals surface area contributed by atoms with E-state index in [1.807, 2.05) is 0 Å². The van der Waals surface area contributed by atoms with Crippen molar-refractivity contribution in [2.24, 2.45) is 11.8 Å². The van der Waals surface area contributed by atoms with Crippen molar-refractivity contribution in [3.05, 3.63) is 0 Å². The molecule has 1 nitrogen and oxygen atoms in total. The van der Waals surface area contributed by atoms with Gasteiger partial charge in [0.05, 0.1) is 0 Å². The summed E-state index contributed by atoms with van der Waals surface area (Å²) in [5.74, 6) is -0.982. The maximum absolute atomic E-state index is 12.5. The van der Waals surface area contributed by atoms with Crippen LogP contribution in [0.3, 0.4) is 0 Å². The van der Waals surface area contributed by atoms with Crippen molar-refractivity contribution < 1.29 is 18.3 Å². The van der Waals surface area contributed by atoms with Gasteiger partial charge in [-0.3, -0.25) is 0 Å². The Morgan fingerprint density at radius 3 is 1.54 bits per heavy atom. The number of halogens is 3. The summed E-state index contributed by atoms with van der Waals surface area (Å²) >= 11 is 0. The number of hydrogen-bond acceptors (Lipinski definition) is 1. The summed E-state index contributed by atoms with van der Waals surface area (Å²) in [6.07, 6.45) is -4.78. The van der Waals surface area contributed by atoms with Crippen molar-refractivity contribution in [2.45, 2.75) is 45.9 Å². The van der Waals surface area contributed by atoms with Crippen LogP contribution in [0, 0.1) is 11.8 Å². The SMILES string of the molecule is CC(C)CC(O)(C(C)C)C(F)(F)F. The molecule has 0 radical (unpaired) electrons. The molecule has 0 heterocycles. The van der Waals surface area contributed by atoms with Crippen molar-refractivity contribution in [3.63, 3.8) is 0 Å². The van der Waals surface area contributed by atoms with E-state index >= 15 is 0 Å². The van der Waals surface area contributed by atoms with Crippen LogP contribution in [0.5, 0.6) is 0 Å². The van der Waals surface area contributed by atoms with Gasteiger partial charge in [-0.05, 0) is 18.3 Å². The average molecular weight is 198 g/mol. The fourth-order valence-electron chi connectivity index (χ4n) is 1.30. The summed E-state index contributed by atoms with van der Waals surface area (Å²) in [6.45, 7) is 6.10. The van der Waals surface area contributed by atoms with Gasteiger partial charge in [0.15, 0.2) is 5.60 Å². The molecule has 0 bridgehead atoms. The quantitative estimate of drug-likeness (QED) is 0.739. The Labute approximate surface area is 76.9 Å². The largest absolute Gasteiger partial charge is 0.417 e. The summed E-state index contributed by atoms with van der Waals surface area (Å²) < 4.78 is 37.4. The standard InChI is InChI=1S/C9H17F3O/c1-6(2)5-8(13,7(3)4)9(10,11)12/h6-7,13H,5H2,1-4H3. The molecule has 0 amide bonds. The molecule has 0 aromatic rings. The highest BCUT2D eigenvalue weighted by Crippen LogP contribution is 2.40. The molecule has 80 valence electrons. The summed E-state index contributed by atoms with van der Waals surface area (Å²) in [5, 5.41) is 9.47. The Kier molecular flexibility index (Phi) is 3.79. The summed E-state index contributed by atoms with van der Waals surface area (Å²) in [5.41, 5.74) is -2.54. The Morgan fingerprint density at radius 1 is 1.08 bits per heavy atom. The predicted octanol–water partition coefficient (Wildman–Crippen LogP) is 2.98. The second kappa shape index (κ2) is 3.86. The number of alkyl halides is 3. The molecule has 13 heavy (non-hydrogen) atoms. The average Bonchev–Trinajstić information content (AvgIpc) is 1.82. The molecule has 0 fully saturated rings. The van der Waals surface area contributed by atoms with E-state index in [0.717, 1.165) is 0 Å². The molecule has 0 aromatic heterocycles. The first-order valence-corrected chi connectivity index (χ1v) is 4.40. The van der Waals surface area contributed by atoms with Gasteiger partial charge in [0.2, 0.25) is 0 Å². The van der Waals surface area contributed by atoms with Gasteiger partial charge < -0.3 is 5.11 Å². The fourth-order valence-corrected chi connectivity index (χ4v) is 1.30. The number of hydrogen-bond donors (Lipinski definition) is 1. The molecule has 0 saturated heterocycles. The molecule has 1 unspecified atom stereocenters. The lowest BCUT2D eigenvalue weighted by molar-refractivity contribution is -0.281. The van der Waals surface area contributed by atoms with Crippen LogP contribution in [0.15, 0.2) is 0 Å². The molecule has 0 aliphatic rings. The molecule has 1 atom stereocenters. The lowest BCUT2D eigenvalue weighted by Gasteiger charge is -2.35. The van der Waals surface area contributed by atoms with Crippen molar-refractivity contribution in [2.75, 3.05) is 0 Å². The highest BCUT2D eigenvalue weighted by atomic mass is 19.4. The van der Waals surface area contributed by atoms with Crippen LogP contribution in [0.2, 0.25) is 0 Å². The Balaban J connectivity index is 4.74. The monoisotopic (exact) mass is 198 g/mol.